The zero-order chi connectivity index (χ0) is 29.6. The van der Waals surface area contributed by atoms with Crippen LogP contribution in [0.4, 0.5) is 25.2 Å². The number of thiol groups is 1. The van der Waals surface area contributed by atoms with Gasteiger partial charge in [-0.2, -0.15) is 0 Å². The molecule has 0 N–H and O–H groups in total. The van der Waals surface area contributed by atoms with Crippen molar-refractivity contribution in [2.45, 2.75) is 120 Å². The summed E-state index contributed by atoms with van der Waals surface area (Å²) in [4.78, 5) is 1.36. The van der Waals surface area contributed by atoms with Gasteiger partial charge in [-0.3, -0.25) is 0 Å². The van der Waals surface area contributed by atoms with Gasteiger partial charge in [-0.25, -0.2) is 0 Å². The molecule has 2 aromatic carbocycles. The third-order valence-corrected chi connectivity index (χ3v) is 7.58. The molecule has 2 rings (SSSR count). The maximum absolute atomic E-state index is 10.7. The number of benzene rings is 2. The van der Waals surface area contributed by atoms with Crippen molar-refractivity contribution in [3.05, 3.63) is 60.2 Å². The third kappa shape index (κ3) is 28.1. The van der Waals surface area contributed by atoms with Crippen LogP contribution >= 0.6 is 7.81 Å². The molecule has 2 aromatic rings. The number of unbranched alkanes of at least 4 members (excludes halogenated alkanes) is 15. The predicted octanol–water partition coefficient (Wildman–Crippen LogP) is 13.1. The van der Waals surface area contributed by atoms with Crippen LogP contribution in [0.2, 0.25) is 0 Å². The van der Waals surface area contributed by atoms with Crippen LogP contribution < -0.4 is 4.74 Å². The molecule has 232 valence electrons. The van der Waals surface area contributed by atoms with Crippen LogP contribution in [0.3, 0.4) is 0 Å². The second-order valence-electron chi connectivity index (χ2n) is 10.4. The van der Waals surface area contributed by atoms with Crippen molar-refractivity contribution in [2.75, 3.05) is 6.61 Å². The molecule has 0 spiro atoms. The van der Waals surface area contributed by atoms with Crippen molar-refractivity contribution < 1.29 is 29.9 Å². The molecule has 0 aliphatic carbocycles. The summed E-state index contributed by atoms with van der Waals surface area (Å²) < 4.78 is 65.1. The molecule has 0 bridgehead atoms. The van der Waals surface area contributed by atoms with Crippen LogP contribution in [0.5, 0.6) is 5.75 Å². The number of halogens is 6. The van der Waals surface area contributed by atoms with Crippen LogP contribution in [0.15, 0.2) is 59.5 Å². The second-order valence-corrected chi connectivity index (χ2v) is 13.5. The minimum absolute atomic E-state index is 0.847. The SMILES string of the molecule is CCCCCCCCCCCCCCCCCCOc1ccc([SH+]Cc2ccccc2)cc1.F[P-](F)(F)(F)(F)F. The van der Waals surface area contributed by atoms with Crippen LogP contribution in [0, 0.1) is 0 Å². The summed E-state index contributed by atoms with van der Waals surface area (Å²) in [5.74, 6) is 2.08. The molecule has 0 unspecified atom stereocenters. The van der Waals surface area contributed by atoms with E-state index in [9.17, 15) is 25.2 Å². The summed E-state index contributed by atoms with van der Waals surface area (Å²) in [5.41, 5.74) is 1.39. The zero-order valence-electron chi connectivity index (χ0n) is 24.0. The first kappa shape index (κ1) is 36.6. The van der Waals surface area contributed by atoms with Crippen LogP contribution in [-0.2, 0) is 17.5 Å². The zero-order valence-corrected chi connectivity index (χ0v) is 25.8. The van der Waals surface area contributed by atoms with Crippen molar-refractivity contribution in [3.8, 4) is 5.75 Å². The average Bonchev–Trinajstić information content (AvgIpc) is 2.89. The van der Waals surface area contributed by atoms with Crippen LogP contribution in [0.1, 0.15) is 115 Å². The summed E-state index contributed by atoms with van der Waals surface area (Å²) in [5, 5.41) is 0. The summed E-state index contributed by atoms with van der Waals surface area (Å²) in [6.07, 6.45) is 22.5. The fourth-order valence-electron chi connectivity index (χ4n) is 4.25. The van der Waals surface area contributed by atoms with E-state index in [1.807, 2.05) is 0 Å². The average molecular weight is 615 g/mol. The van der Waals surface area contributed by atoms with Gasteiger partial charge >= 0.3 is 33.0 Å². The molecule has 0 aromatic heterocycles. The topological polar surface area (TPSA) is 9.23 Å². The van der Waals surface area contributed by atoms with Gasteiger partial charge in [-0.05, 0) is 30.7 Å². The Labute approximate surface area is 242 Å². The van der Waals surface area contributed by atoms with Crippen molar-refractivity contribution in [1.29, 1.82) is 0 Å². The molecular weight excluding hydrogens is 565 g/mol. The van der Waals surface area contributed by atoms with E-state index >= 15 is 0 Å². The Bertz CT molecular complexity index is 865. The van der Waals surface area contributed by atoms with Gasteiger partial charge in [0.05, 0.1) is 6.61 Å². The van der Waals surface area contributed by atoms with Gasteiger partial charge in [-0.1, -0.05) is 134 Å². The number of ether oxygens (including phenoxy) is 1. The van der Waals surface area contributed by atoms with E-state index in [4.69, 9.17) is 4.74 Å². The van der Waals surface area contributed by atoms with E-state index in [2.05, 4.69) is 61.5 Å². The Morgan fingerprint density at radius 1 is 0.550 bits per heavy atom. The van der Waals surface area contributed by atoms with Gasteiger partial charge in [-0.15, -0.1) is 0 Å². The molecule has 0 radical (unpaired) electrons. The van der Waals surface area contributed by atoms with E-state index < -0.39 is 7.81 Å². The fraction of sp³-hybridized carbons (Fsp3) is 0.613. The number of rotatable bonds is 21. The van der Waals surface area contributed by atoms with Crippen molar-refractivity contribution in [2.24, 2.45) is 0 Å². The normalized spacial score (nSPS) is 13.2. The molecular formula is C31H49F6OPS. The Hall–Kier alpha value is -1.40. The van der Waals surface area contributed by atoms with Gasteiger partial charge < -0.3 is 4.74 Å². The summed E-state index contributed by atoms with van der Waals surface area (Å²) in [6, 6.07) is 19.3. The van der Waals surface area contributed by atoms with Crippen LogP contribution in [-0.4, -0.2) is 6.61 Å². The monoisotopic (exact) mass is 614 g/mol. The van der Waals surface area contributed by atoms with Gasteiger partial charge in [0.15, 0.2) is 4.90 Å². The number of hydrogen-bond donors (Lipinski definition) is 0. The van der Waals surface area contributed by atoms with E-state index in [0.29, 0.717) is 0 Å². The molecule has 0 aliphatic heterocycles. The summed E-state index contributed by atoms with van der Waals surface area (Å²) >= 11 is 1.35. The Morgan fingerprint density at radius 3 is 1.38 bits per heavy atom. The van der Waals surface area contributed by atoms with Crippen molar-refractivity contribution >= 4 is 19.6 Å². The van der Waals surface area contributed by atoms with E-state index in [1.54, 1.807) is 0 Å². The van der Waals surface area contributed by atoms with E-state index in [1.165, 1.54) is 125 Å². The first-order chi connectivity index (χ1) is 18.8. The molecule has 40 heavy (non-hydrogen) atoms. The van der Waals surface area contributed by atoms with Gasteiger partial charge in [0, 0.05) is 17.3 Å². The molecule has 0 saturated carbocycles. The van der Waals surface area contributed by atoms with Crippen molar-refractivity contribution in [3.63, 3.8) is 0 Å². The predicted molar refractivity (Wildman–Crippen MR) is 162 cm³/mol. The summed E-state index contributed by atoms with van der Waals surface area (Å²) in [6.45, 7) is 3.14. The Balaban J connectivity index is 0.00000101. The third-order valence-electron chi connectivity index (χ3n) is 6.39. The second kappa shape index (κ2) is 18.9. The fourth-order valence-corrected chi connectivity index (χ4v) is 5.19. The Morgan fingerprint density at radius 2 is 0.950 bits per heavy atom. The molecule has 9 heteroatoms. The standard InChI is InChI=1S/C31H48OS.F6P/c1-2-3-4-5-6-7-8-9-10-11-12-13-14-15-16-20-27-32-30-23-25-31(26-24-30)33-28-29-21-18-17-19-22-29;1-7(2,3,4,5)6/h17-19,21-26H,2-16,20,27-28H2,1H3;/q;-1/p+1. The Kier molecular flexibility index (Phi) is 17.3. The molecule has 0 heterocycles. The molecule has 0 atom stereocenters. The van der Waals surface area contributed by atoms with Crippen LogP contribution in [0.25, 0.3) is 0 Å². The maximum atomic E-state index is 9.87. The van der Waals surface area contributed by atoms with E-state index in [0.717, 1.165) is 18.1 Å². The van der Waals surface area contributed by atoms with Crippen molar-refractivity contribution in [1.82, 2.24) is 0 Å². The van der Waals surface area contributed by atoms with Gasteiger partial charge in [0.25, 0.3) is 0 Å². The first-order valence-electron chi connectivity index (χ1n) is 14.8. The minimum atomic E-state index is -10.7. The quantitative estimate of drug-likeness (QED) is 0.0447. The molecule has 0 amide bonds. The molecule has 0 aliphatic rings. The van der Waals surface area contributed by atoms with Gasteiger partial charge in [0.2, 0.25) is 0 Å². The van der Waals surface area contributed by atoms with Gasteiger partial charge in [0.1, 0.15) is 11.5 Å². The van der Waals surface area contributed by atoms with E-state index in [-0.39, 0.29) is 0 Å². The first-order valence-corrected chi connectivity index (χ1v) is 17.9. The molecule has 0 saturated heterocycles. The molecule has 0 fully saturated rings. The molecule has 1 nitrogen and oxygen atoms in total. The number of hydrogen-bond acceptors (Lipinski definition) is 1. The summed E-state index contributed by atoms with van der Waals surface area (Å²) in [7, 11) is -10.7.